The van der Waals surface area contributed by atoms with Gasteiger partial charge in [0.05, 0.1) is 0 Å². The fourth-order valence-corrected chi connectivity index (χ4v) is 2.20. The van der Waals surface area contributed by atoms with Crippen LogP contribution in [0.25, 0.3) is 0 Å². The first-order valence-corrected chi connectivity index (χ1v) is 7.47. The molecule has 1 rings (SSSR count). The average Bonchev–Trinajstić information content (AvgIpc) is 3.16. The van der Waals surface area contributed by atoms with E-state index < -0.39 is 12.2 Å². The third-order valence-electron chi connectivity index (χ3n) is 3.52. The van der Waals surface area contributed by atoms with Crippen molar-refractivity contribution >= 4 is 11.7 Å². The maximum absolute atomic E-state index is 11.8. The molecule has 0 saturated carbocycles. The Morgan fingerprint density at radius 1 is 0.947 bits per heavy atom. The molecule has 1 fully saturated rings. The fourth-order valence-electron chi connectivity index (χ4n) is 2.20. The van der Waals surface area contributed by atoms with Gasteiger partial charge in [0.25, 0.3) is 5.91 Å². The highest BCUT2D eigenvalue weighted by Crippen LogP contribution is 2.26. The Morgan fingerprint density at radius 2 is 1.53 bits per heavy atom. The molecular weight excluding hydrogens is 242 g/mol. The molecule has 1 aliphatic rings. The van der Waals surface area contributed by atoms with Crippen molar-refractivity contribution in [2.45, 2.75) is 70.5 Å². The summed E-state index contributed by atoms with van der Waals surface area (Å²) < 4.78 is 5.17. The summed E-state index contributed by atoms with van der Waals surface area (Å²) in [4.78, 5) is 24.8. The highest BCUT2D eigenvalue weighted by Gasteiger charge is 2.49. The standard InChI is InChI=1S/C15H27NO3/c1-4-5-6-7-8-9-10-11-12(17)13-14(19-13)15(18)16(2)3/h13-14H,4-11H2,1-3H3/t13-,14-/m1/s1. The van der Waals surface area contributed by atoms with Gasteiger partial charge in [-0.15, -0.1) is 0 Å². The summed E-state index contributed by atoms with van der Waals surface area (Å²) in [5, 5.41) is 0. The van der Waals surface area contributed by atoms with Gasteiger partial charge in [-0.2, -0.15) is 0 Å². The van der Waals surface area contributed by atoms with Gasteiger partial charge in [-0.1, -0.05) is 45.4 Å². The lowest BCUT2D eigenvalue weighted by atomic mass is 10.0. The van der Waals surface area contributed by atoms with Crippen LogP contribution >= 0.6 is 0 Å². The SMILES string of the molecule is CCCCCCCCCC(=O)[C@H]1O[C@H]1C(=O)N(C)C. The summed E-state index contributed by atoms with van der Waals surface area (Å²) >= 11 is 0. The Hall–Kier alpha value is -0.900. The topological polar surface area (TPSA) is 49.9 Å². The molecule has 1 saturated heterocycles. The normalized spacial score (nSPS) is 21.2. The number of ketones is 1. The van der Waals surface area contributed by atoms with Crippen molar-refractivity contribution in [3.63, 3.8) is 0 Å². The Bertz CT molecular complexity index is 302. The predicted molar refractivity (Wildman–Crippen MR) is 75.0 cm³/mol. The molecule has 0 unspecified atom stereocenters. The Kier molecular flexibility index (Phi) is 7.06. The summed E-state index contributed by atoms with van der Waals surface area (Å²) in [6.07, 6.45) is 7.96. The molecular formula is C15H27NO3. The van der Waals surface area contributed by atoms with E-state index in [1.54, 1.807) is 14.1 Å². The summed E-state index contributed by atoms with van der Waals surface area (Å²) in [7, 11) is 3.36. The van der Waals surface area contributed by atoms with E-state index in [4.69, 9.17) is 4.74 Å². The molecule has 4 heteroatoms. The molecule has 1 amide bonds. The molecule has 2 atom stereocenters. The van der Waals surface area contributed by atoms with Gasteiger partial charge in [0, 0.05) is 20.5 Å². The highest BCUT2D eigenvalue weighted by molar-refractivity contribution is 5.95. The number of unbranched alkanes of at least 4 members (excludes halogenated alkanes) is 6. The first-order chi connectivity index (χ1) is 9.07. The number of amides is 1. The van der Waals surface area contributed by atoms with E-state index in [0.29, 0.717) is 6.42 Å². The predicted octanol–water partition coefficient (Wildman–Crippen LogP) is 2.55. The van der Waals surface area contributed by atoms with E-state index in [2.05, 4.69) is 6.92 Å². The zero-order valence-corrected chi connectivity index (χ0v) is 12.5. The number of hydrogen-bond donors (Lipinski definition) is 0. The molecule has 0 aromatic carbocycles. The highest BCUT2D eigenvalue weighted by atomic mass is 16.6. The van der Waals surface area contributed by atoms with Crippen molar-refractivity contribution < 1.29 is 14.3 Å². The maximum atomic E-state index is 11.8. The van der Waals surface area contributed by atoms with Gasteiger partial charge in [0.15, 0.2) is 18.0 Å². The molecule has 1 heterocycles. The first kappa shape index (κ1) is 16.2. The lowest BCUT2D eigenvalue weighted by molar-refractivity contribution is -0.130. The molecule has 110 valence electrons. The monoisotopic (exact) mass is 269 g/mol. The van der Waals surface area contributed by atoms with Crippen LogP contribution in [0.2, 0.25) is 0 Å². The number of ether oxygens (including phenoxy) is 1. The Balaban J connectivity index is 2.02. The summed E-state index contributed by atoms with van der Waals surface area (Å²) in [6.45, 7) is 2.21. The van der Waals surface area contributed by atoms with E-state index in [1.165, 1.54) is 37.0 Å². The van der Waals surface area contributed by atoms with Crippen molar-refractivity contribution in [2.24, 2.45) is 0 Å². The van der Waals surface area contributed by atoms with Gasteiger partial charge in [-0.25, -0.2) is 0 Å². The van der Waals surface area contributed by atoms with Gasteiger partial charge in [-0.05, 0) is 6.42 Å². The summed E-state index contributed by atoms with van der Waals surface area (Å²) in [5.41, 5.74) is 0. The van der Waals surface area contributed by atoms with Gasteiger partial charge in [0.2, 0.25) is 0 Å². The van der Waals surface area contributed by atoms with Crippen molar-refractivity contribution in [3.8, 4) is 0 Å². The number of hydrogen-bond acceptors (Lipinski definition) is 3. The third kappa shape index (κ3) is 5.72. The van der Waals surface area contributed by atoms with Crippen LogP contribution in [0.1, 0.15) is 58.3 Å². The van der Waals surface area contributed by atoms with E-state index in [9.17, 15) is 9.59 Å². The van der Waals surface area contributed by atoms with Crippen LogP contribution in [-0.2, 0) is 14.3 Å². The quantitative estimate of drug-likeness (QED) is 0.452. The van der Waals surface area contributed by atoms with Gasteiger partial charge < -0.3 is 9.64 Å². The number of likely N-dealkylation sites (N-methyl/N-ethyl adjacent to an activating group) is 1. The minimum absolute atomic E-state index is 0.0914. The second-order valence-electron chi connectivity index (χ2n) is 5.55. The Morgan fingerprint density at radius 3 is 2.11 bits per heavy atom. The van der Waals surface area contributed by atoms with Crippen LogP contribution in [0, 0.1) is 0 Å². The number of rotatable bonds is 10. The average molecular weight is 269 g/mol. The molecule has 0 aliphatic carbocycles. The van der Waals surface area contributed by atoms with Crippen molar-refractivity contribution in [3.05, 3.63) is 0 Å². The second-order valence-corrected chi connectivity index (χ2v) is 5.55. The van der Waals surface area contributed by atoms with Crippen LogP contribution in [0.3, 0.4) is 0 Å². The number of nitrogens with zero attached hydrogens (tertiary/aromatic N) is 1. The summed E-state index contributed by atoms with van der Waals surface area (Å²) in [5.74, 6) is -0.00771. The number of carbonyl (C=O) groups is 2. The van der Waals surface area contributed by atoms with Crippen LogP contribution in [0.5, 0.6) is 0 Å². The minimum Gasteiger partial charge on any atom is -0.351 e. The Labute approximate surface area is 116 Å². The molecule has 1 aliphatic heterocycles. The molecule has 0 N–H and O–H groups in total. The molecule has 0 aromatic rings. The number of carbonyl (C=O) groups excluding carboxylic acids is 2. The van der Waals surface area contributed by atoms with Crippen LogP contribution in [0.15, 0.2) is 0 Å². The smallest absolute Gasteiger partial charge is 0.254 e. The van der Waals surface area contributed by atoms with Crippen molar-refractivity contribution in [2.75, 3.05) is 14.1 Å². The lowest BCUT2D eigenvalue weighted by Gasteiger charge is -2.06. The molecule has 0 radical (unpaired) electrons. The molecule has 0 bridgehead atoms. The number of epoxide rings is 1. The van der Waals surface area contributed by atoms with Crippen LogP contribution in [-0.4, -0.2) is 42.9 Å². The van der Waals surface area contributed by atoms with E-state index in [-0.39, 0.29) is 11.7 Å². The van der Waals surface area contributed by atoms with Gasteiger partial charge in [0.1, 0.15) is 0 Å². The summed E-state index contributed by atoms with van der Waals surface area (Å²) in [6, 6.07) is 0. The second kappa shape index (κ2) is 8.31. The molecule has 19 heavy (non-hydrogen) atoms. The number of Topliss-reactive ketones (excluding diaryl/α,β-unsaturated/α-hetero) is 1. The zero-order valence-electron chi connectivity index (χ0n) is 12.5. The molecule has 0 spiro atoms. The van der Waals surface area contributed by atoms with Crippen molar-refractivity contribution in [1.82, 2.24) is 4.90 Å². The molecule has 0 aromatic heterocycles. The van der Waals surface area contributed by atoms with Gasteiger partial charge in [-0.3, -0.25) is 9.59 Å². The largest absolute Gasteiger partial charge is 0.351 e. The van der Waals surface area contributed by atoms with Crippen molar-refractivity contribution in [1.29, 1.82) is 0 Å². The first-order valence-electron chi connectivity index (χ1n) is 7.47. The minimum atomic E-state index is -0.507. The zero-order chi connectivity index (χ0) is 14.3. The molecule has 4 nitrogen and oxygen atoms in total. The fraction of sp³-hybridized carbons (Fsp3) is 0.867. The lowest BCUT2D eigenvalue weighted by Crippen LogP contribution is -2.29. The van der Waals surface area contributed by atoms with Crippen LogP contribution in [0.4, 0.5) is 0 Å². The van der Waals surface area contributed by atoms with Gasteiger partial charge >= 0.3 is 0 Å². The third-order valence-corrected chi connectivity index (χ3v) is 3.52. The maximum Gasteiger partial charge on any atom is 0.254 e. The van der Waals surface area contributed by atoms with E-state index >= 15 is 0 Å². The van der Waals surface area contributed by atoms with E-state index in [0.717, 1.165) is 12.8 Å². The van der Waals surface area contributed by atoms with Crippen LogP contribution < -0.4 is 0 Å². The van der Waals surface area contributed by atoms with E-state index in [1.807, 2.05) is 0 Å².